The van der Waals surface area contributed by atoms with Crippen LogP contribution in [-0.2, 0) is 6.42 Å². The van der Waals surface area contributed by atoms with Crippen molar-refractivity contribution in [3.8, 4) is 11.5 Å². The Morgan fingerprint density at radius 1 is 1.35 bits per heavy atom. The first kappa shape index (κ1) is 12.1. The molecule has 0 fully saturated rings. The second kappa shape index (κ2) is 4.40. The molecule has 0 bridgehead atoms. The maximum atomic E-state index is 6.00. The highest BCUT2D eigenvalue weighted by Crippen LogP contribution is 2.33. The Balaban J connectivity index is 1.98. The molecule has 6 heteroatoms. The summed E-state index contributed by atoms with van der Waals surface area (Å²) >= 11 is 1.55. The van der Waals surface area contributed by atoms with Crippen molar-refractivity contribution in [3.05, 3.63) is 36.0 Å². The Hall–Kier alpha value is -1.71. The Kier molecular flexibility index (Phi) is 2.65. The number of aryl methyl sites for hydroxylation is 1. The van der Waals surface area contributed by atoms with E-state index in [1.807, 2.05) is 24.4 Å². The standard InChI is InChI=1S/C14H12N3OPS/c1-2-8-9-5-3-4-6-11(9)18-12(8)10-7-17-13(15-10)20-14(19)16-17/h3-7H,2,19H2,1H3. The van der Waals surface area contributed by atoms with Gasteiger partial charge < -0.3 is 4.42 Å². The third kappa shape index (κ3) is 1.70. The molecule has 0 aliphatic heterocycles. The van der Waals surface area contributed by atoms with Crippen LogP contribution in [-0.4, -0.2) is 14.6 Å². The number of hydrogen-bond acceptors (Lipinski definition) is 4. The van der Waals surface area contributed by atoms with E-state index in [4.69, 9.17) is 4.42 Å². The highest BCUT2D eigenvalue weighted by atomic mass is 32.1. The third-order valence-electron chi connectivity index (χ3n) is 3.34. The highest BCUT2D eigenvalue weighted by Gasteiger charge is 2.17. The molecule has 1 atom stereocenters. The van der Waals surface area contributed by atoms with Crippen molar-refractivity contribution >= 4 is 41.3 Å². The van der Waals surface area contributed by atoms with Gasteiger partial charge in [-0.05, 0) is 12.5 Å². The first-order valence-corrected chi connectivity index (χ1v) is 7.78. The number of aromatic nitrogens is 3. The Bertz CT molecular complexity index is 890. The topological polar surface area (TPSA) is 43.3 Å². The van der Waals surface area contributed by atoms with E-state index >= 15 is 0 Å². The van der Waals surface area contributed by atoms with E-state index in [9.17, 15) is 0 Å². The molecular weight excluding hydrogens is 289 g/mol. The average Bonchev–Trinajstić information content (AvgIpc) is 3.07. The van der Waals surface area contributed by atoms with Crippen LogP contribution in [0.1, 0.15) is 12.5 Å². The van der Waals surface area contributed by atoms with Crippen LogP contribution >= 0.6 is 20.6 Å². The summed E-state index contributed by atoms with van der Waals surface area (Å²) in [6.07, 6.45) is 2.84. The molecule has 0 spiro atoms. The molecule has 0 N–H and O–H groups in total. The van der Waals surface area contributed by atoms with Gasteiger partial charge in [-0.3, -0.25) is 0 Å². The number of benzene rings is 1. The monoisotopic (exact) mass is 301 g/mol. The van der Waals surface area contributed by atoms with Gasteiger partial charge >= 0.3 is 0 Å². The summed E-state index contributed by atoms with van der Waals surface area (Å²) < 4.78 is 8.73. The van der Waals surface area contributed by atoms with E-state index in [1.54, 1.807) is 15.9 Å². The summed E-state index contributed by atoms with van der Waals surface area (Å²) in [5.74, 6) is 0.858. The lowest BCUT2D eigenvalue weighted by Gasteiger charge is -1.95. The minimum absolute atomic E-state index is 0.849. The van der Waals surface area contributed by atoms with Gasteiger partial charge in [-0.25, -0.2) is 9.50 Å². The largest absolute Gasteiger partial charge is 0.454 e. The van der Waals surface area contributed by atoms with Gasteiger partial charge in [0, 0.05) is 10.9 Å². The molecule has 3 aromatic heterocycles. The van der Waals surface area contributed by atoms with Crippen LogP contribution in [0, 0.1) is 0 Å². The van der Waals surface area contributed by atoms with Gasteiger partial charge in [0.25, 0.3) is 0 Å². The highest BCUT2D eigenvalue weighted by molar-refractivity contribution is 7.44. The molecule has 100 valence electrons. The van der Waals surface area contributed by atoms with Crippen LogP contribution in [0.5, 0.6) is 0 Å². The molecule has 0 aliphatic carbocycles. The first-order valence-electron chi connectivity index (χ1n) is 6.38. The van der Waals surface area contributed by atoms with E-state index in [-0.39, 0.29) is 0 Å². The lowest BCUT2D eigenvalue weighted by atomic mass is 10.1. The average molecular weight is 301 g/mol. The Morgan fingerprint density at radius 2 is 2.20 bits per heavy atom. The molecule has 1 aromatic carbocycles. The van der Waals surface area contributed by atoms with Crippen LogP contribution in [0.3, 0.4) is 0 Å². The molecule has 0 saturated carbocycles. The third-order valence-corrected chi connectivity index (χ3v) is 4.56. The number of hydrogen-bond donors (Lipinski definition) is 0. The number of nitrogens with zero attached hydrogens (tertiary/aromatic N) is 3. The molecule has 4 rings (SSSR count). The van der Waals surface area contributed by atoms with Gasteiger partial charge in [0.15, 0.2) is 5.76 Å². The fraction of sp³-hybridized carbons (Fsp3) is 0.143. The zero-order chi connectivity index (χ0) is 13.7. The van der Waals surface area contributed by atoms with Crippen molar-refractivity contribution in [2.45, 2.75) is 13.3 Å². The SMILES string of the molecule is CCc1c(-c2cn3nc(P)sc3n2)oc2ccccc12. The summed E-state index contributed by atoms with van der Waals surface area (Å²) in [7, 11) is 2.60. The smallest absolute Gasteiger partial charge is 0.213 e. The Morgan fingerprint density at radius 3 is 3.00 bits per heavy atom. The fourth-order valence-corrected chi connectivity index (χ4v) is 3.57. The van der Waals surface area contributed by atoms with Gasteiger partial charge in [0.2, 0.25) is 4.96 Å². The minimum Gasteiger partial charge on any atom is -0.454 e. The van der Waals surface area contributed by atoms with Gasteiger partial charge in [-0.15, -0.1) is 0 Å². The van der Waals surface area contributed by atoms with E-state index in [0.29, 0.717) is 0 Å². The second-order valence-corrected chi connectivity index (χ2v) is 6.51. The van der Waals surface area contributed by atoms with Gasteiger partial charge in [-0.1, -0.05) is 45.7 Å². The van der Waals surface area contributed by atoms with Crippen molar-refractivity contribution in [1.82, 2.24) is 14.6 Å². The zero-order valence-electron chi connectivity index (χ0n) is 10.8. The number of furan rings is 1. The van der Waals surface area contributed by atoms with Crippen LogP contribution < -0.4 is 4.75 Å². The predicted molar refractivity (Wildman–Crippen MR) is 84.8 cm³/mol. The molecule has 0 radical (unpaired) electrons. The second-order valence-electron chi connectivity index (χ2n) is 4.55. The fourth-order valence-electron chi connectivity index (χ4n) is 2.48. The van der Waals surface area contributed by atoms with E-state index in [1.165, 1.54) is 10.9 Å². The summed E-state index contributed by atoms with van der Waals surface area (Å²) in [6, 6.07) is 8.12. The number of fused-ring (bicyclic) bond motifs is 2. The van der Waals surface area contributed by atoms with E-state index in [0.717, 1.165) is 33.2 Å². The van der Waals surface area contributed by atoms with E-state index in [2.05, 4.69) is 32.3 Å². The molecule has 3 heterocycles. The zero-order valence-corrected chi connectivity index (χ0v) is 12.8. The van der Waals surface area contributed by atoms with Gasteiger partial charge in [0.1, 0.15) is 16.0 Å². The normalized spacial score (nSPS) is 11.7. The lowest BCUT2D eigenvalue weighted by molar-refractivity contribution is 0.625. The number of imidazole rings is 1. The molecule has 4 aromatic rings. The van der Waals surface area contributed by atoms with Crippen molar-refractivity contribution in [2.24, 2.45) is 0 Å². The molecule has 0 amide bonds. The number of rotatable bonds is 2. The van der Waals surface area contributed by atoms with E-state index < -0.39 is 0 Å². The predicted octanol–water partition coefficient (Wildman–Crippen LogP) is 3.27. The van der Waals surface area contributed by atoms with Gasteiger partial charge in [0.05, 0.1) is 6.20 Å². The summed E-state index contributed by atoms with van der Waals surface area (Å²) in [6.45, 7) is 2.14. The molecular formula is C14H12N3OPS. The summed E-state index contributed by atoms with van der Waals surface area (Å²) in [5, 5.41) is 5.53. The van der Waals surface area contributed by atoms with Gasteiger partial charge in [-0.2, -0.15) is 5.10 Å². The van der Waals surface area contributed by atoms with Crippen molar-refractivity contribution in [1.29, 1.82) is 0 Å². The van der Waals surface area contributed by atoms with Crippen LogP contribution in [0.2, 0.25) is 0 Å². The molecule has 4 nitrogen and oxygen atoms in total. The maximum absolute atomic E-state index is 6.00. The van der Waals surface area contributed by atoms with Crippen LogP contribution in [0.4, 0.5) is 0 Å². The maximum Gasteiger partial charge on any atom is 0.213 e. The number of para-hydroxylation sites is 1. The lowest BCUT2D eigenvalue weighted by Crippen LogP contribution is -1.90. The Labute approximate surface area is 121 Å². The van der Waals surface area contributed by atoms with Crippen molar-refractivity contribution in [3.63, 3.8) is 0 Å². The molecule has 20 heavy (non-hydrogen) atoms. The van der Waals surface area contributed by atoms with Crippen LogP contribution in [0.25, 0.3) is 27.4 Å². The quantitative estimate of drug-likeness (QED) is 0.534. The summed E-state index contributed by atoms with van der Waals surface area (Å²) in [5.41, 5.74) is 2.97. The first-order chi connectivity index (χ1) is 9.76. The molecule has 0 saturated heterocycles. The van der Waals surface area contributed by atoms with Crippen molar-refractivity contribution < 1.29 is 4.42 Å². The minimum atomic E-state index is 0.849. The summed E-state index contributed by atoms with van der Waals surface area (Å²) in [4.78, 5) is 5.50. The van der Waals surface area contributed by atoms with Crippen molar-refractivity contribution in [2.75, 3.05) is 0 Å². The molecule has 0 aliphatic rings. The van der Waals surface area contributed by atoms with Crippen LogP contribution in [0.15, 0.2) is 34.9 Å². The molecule has 1 unspecified atom stereocenters.